The molecule has 0 saturated carbocycles. The minimum atomic E-state index is -0.893. The quantitative estimate of drug-likeness (QED) is 0.330. The van der Waals surface area contributed by atoms with Crippen molar-refractivity contribution in [3.05, 3.63) is 12.7 Å². The Morgan fingerprint density at radius 1 is 1.70 bits per heavy atom. The molecule has 0 bridgehead atoms. The van der Waals surface area contributed by atoms with Crippen LogP contribution in [-0.2, 0) is 4.79 Å². The molecule has 3 N–H and O–H groups in total. The third-order valence-electron chi connectivity index (χ3n) is 1.13. The van der Waals surface area contributed by atoms with Crippen molar-refractivity contribution in [1.29, 1.82) is 0 Å². The Morgan fingerprint density at radius 2 is 2.30 bits per heavy atom. The van der Waals surface area contributed by atoms with Crippen LogP contribution >= 0.6 is 0 Å². The number of carbonyl (C=O) groups excluding carboxylic acids is 1. The SMILES string of the molecule is C=C[C@@H](O)[C@H](CO)NC=O. The maximum atomic E-state index is 9.83. The highest BCUT2D eigenvalue weighted by atomic mass is 16.3. The maximum absolute atomic E-state index is 9.83. The van der Waals surface area contributed by atoms with E-state index >= 15 is 0 Å². The molecule has 2 atom stereocenters. The summed E-state index contributed by atoms with van der Waals surface area (Å²) in [6.07, 6.45) is 0.778. The molecule has 0 aliphatic carbocycles. The molecule has 0 aromatic heterocycles. The van der Waals surface area contributed by atoms with Gasteiger partial charge in [-0.3, -0.25) is 4.79 Å². The number of rotatable bonds is 5. The molecule has 0 rings (SSSR count). The first-order valence-corrected chi connectivity index (χ1v) is 2.87. The second kappa shape index (κ2) is 4.96. The smallest absolute Gasteiger partial charge is 0.207 e. The number of carbonyl (C=O) groups is 1. The second-order valence-electron chi connectivity index (χ2n) is 1.80. The Kier molecular flexibility index (Phi) is 4.53. The van der Waals surface area contributed by atoms with Crippen LogP contribution in [0.3, 0.4) is 0 Å². The van der Waals surface area contributed by atoms with Crippen LogP contribution < -0.4 is 5.32 Å². The molecule has 0 heterocycles. The predicted octanol–water partition coefficient (Wildman–Crippen LogP) is -1.36. The van der Waals surface area contributed by atoms with Gasteiger partial charge < -0.3 is 15.5 Å². The molecule has 4 nitrogen and oxygen atoms in total. The summed E-state index contributed by atoms with van der Waals surface area (Å²) in [6, 6.07) is -0.644. The molecule has 10 heavy (non-hydrogen) atoms. The van der Waals surface area contributed by atoms with E-state index in [0.717, 1.165) is 0 Å². The van der Waals surface area contributed by atoms with Gasteiger partial charge in [-0.05, 0) is 0 Å². The van der Waals surface area contributed by atoms with Crippen LogP contribution in [-0.4, -0.2) is 35.4 Å². The Hall–Kier alpha value is -0.870. The predicted molar refractivity (Wildman–Crippen MR) is 36.3 cm³/mol. The number of hydrogen-bond acceptors (Lipinski definition) is 3. The van der Waals surface area contributed by atoms with Gasteiger partial charge in [0.2, 0.25) is 6.41 Å². The van der Waals surface area contributed by atoms with Crippen LogP contribution in [0.5, 0.6) is 0 Å². The first-order valence-electron chi connectivity index (χ1n) is 2.87. The van der Waals surface area contributed by atoms with Crippen molar-refractivity contribution >= 4 is 6.41 Å². The molecule has 0 aromatic rings. The molecular weight excluding hydrogens is 134 g/mol. The van der Waals surface area contributed by atoms with Crippen molar-refractivity contribution in [1.82, 2.24) is 5.32 Å². The van der Waals surface area contributed by atoms with Crippen LogP contribution in [0.25, 0.3) is 0 Å². The van der Waals surface area contributed by atoms with Gasteiger partial charge in [0, 0.05) is 0 Å². The molecule has 0 aromatic carbocycles. The molecule has 4 heteroatoms. The third kappa shape index (κ3) is 2.61. The number of nitrogens with one attached hydrogen (secondary N) is 1. The number of aliphatic hydroxyl groups is 2. The number of amides is 1. The van der Waals surface area contributed by atoms with E-state index in [2.05, 4.69) is 11.9 Å². The third-order valence-corrected chi connectivity index (χ3v) is 1.13. The lowest BCUT2D eigenvalue weighted by molar-refractivity contribution is -0.111. The number of hydrogen-bond donors (Lipinski definition) is 3. The maximum Gasteiger partial charge on any atom is 0.207 e. The van der Waals surface area contributed by atoms with Gasteiger partial charge in [-0.1, -0.05) is 6.08 Å². The van der Waals surface area contributed by atoms with Crippen LogP contribution in [0.15, 0.2) is 12.7 Å². The molecule has 0 fully saturated rings. The minimum Gasteiger partial charge on any atom is -0.394 e. The fourth-order valence-electron chi connectivity index (χ4n) is 0.511. The minimum absolute atomic E-state index is 0.300. The summed E-state index contributed by atoms with van der Waals surface area (Å²) in [5, 5.41) is 19.7. The highest BCUT2D eigenvalue weighted by Gasteiger charge is 2.12. The van der Waals surface area contributed by atoms with Gasteiger partial charge in [0.25, 0.3) is 0 Å². The van der Waals surface area contributed by atoms with E-state index in [1.54, 1.807) is 0 Å². The van der Waals surface area contributed by atoms with Gasteiger partial charge in [-0.15, -0.1) is 6.58 Å². The monoisotopic (exact) mass is 145 g/mol. The Balaban J connectivity index is 3.78. The number of aliphatic hydroxyl groups excluding tert-OH is 2. The lowest BCUT2D eigenvalue weighted by Gasteiger charge is -2.15. The Labute approximate surface area is 59.2 Å². The van der Waals surface area contributed by atoms with Crippen molar-refractivity contribution in [2.24, 2.45) is 0 Å². The summed E-state index contributed by atoms with van der Waals surface area (Å²) in [6.45, 7) is 2.99. The van der Waals surface area contributed by atoms with E-state index in [4.69, 9.17) is 10.2 Å². The molecule has 0 aliphatic heterocycles. The summed E-state index contributed by atoms with van der Waals surface area (Å²) in [5.74, 6) is 0. The van der Waals surface area contributed by atoms with E-state index < -0.39 is 12.1 Å². The van der Waals surface area contributed by atoms with E-state index in [-0.39, 0.29) is 6.61 Å². The first-order chi connectivity index (χ1) is 4.76. The largest absolute Gasteiger partial charge is 0.394 e. The first kappa shape index (κ1) is 9.13. The van der Waals surface area contributed by atoms with Gasteiger partial charge >= 0.3 is 0 Å². The Bertz CT molecular complexity index is 116. The normalized spacial score (nSPS) is 15.4. The van der Waals surface area contributed by atoms with E-state index in [1.807, 2.05) is 0 Å². The zero-order valence-corrected chi connectivity index (χ0v) is 5.53. The fourth-order valence-corrected chi connectivity index (χ4v) is 0.511. The van der Waals surface area contributed by atoms with Crippen molar-refractivity contribution in [3.63, 3.8) is 0 Å². The zero-order valence-electron chi connectivity index (χ0n) is 5.53. The Morgan fingerprint density at radius 3 is 2.60 bits per heavy atom. The average Bonchev–Trinajstić information content (AvgIpc) is 1.99. The van der Waals surface area contributed by atoms with Crippen molar-refractivity contribution in [2.75, 3.05) is 6.61 Å². The van der Waals surface area contributed by atoms with Crippen molar-refractivity contribution < 1.29 is 15.0 Å². The molecule has 0 spiro atoms. The van der Waals surface area contributed by atoms with E-state index in [0.29, 0.717) is 6.41 Å². The van der Waals surface area contributed by atoms with E-state index in [1.165, 1.54) is 6.08 Å². The van der Waals surface area contributed by atoms with Gasteiger partial charge in [-0.25, -0.2) is 0 Å². The zero-order chi connectivity index (χ0) is 7.98. The van der Waals surface area contributed by atoms with Gasteiger partial charge in [0.1, 0.15) is 0 Å². The lowest BCUT2D eigenvalue weighted by atomic mass is 10.2. The lowest BCUT2D eigenvalue weighted by Crippen LogP contribution is -2.40. The highest BCUT2D eigenvalue weighted by molar-refractivity contribution is 5.46. The van der Waals surface area contributed by atoms with Crippen LogP contribution in [0.1, 0.15) is 0 Å². The fraction of sp³-hybridized carbons (Fsp3) is 0.500. The molecule has 0 unspecified atom stereocenters. The summed E-state index contributed by atoms with van der Waals surface area (Å²) < 4.78 is 0. The van der Waals surface area contributed by atoms with Gasteiger partial charge in [0.05, 0.1) is 18.8 Å². The standard InChI is InChI=1S/C6H11NO3/c1-2-6(10)5(3-8)7-4-9/h2,4-6,8,10H,1,3H2,(H,7,9)/t5-,6+/m0/s1. The average molecular weight is 145 g/mol. The van der Waals surface area contributed by atoms with Crippen molar-refractivity contribution in [3.8, 4) is 0 Å². The van der Waals surface area contributed by atoms with Crippen LogP contribution in [0.2, 0.25) is 0 Å². The van der Waals surface area contributed by atoms with Crippen molar-refractivity contribution in [2.45, 2.75) is 12.1 Å². The molecule has 0 saturated heterocycles. The van der Waals surface area contributed by atoms with E-state index in [9.17, 15) is 4.79 Å². The molecule has 0 radical (unpaired) electrons. The van der Waals surface area contributed by atoms with Gasteiger partial charge in [0.15, 0.2) is 0 Å². The summed E-state index contributed by atoms with van der Waals surface area (Å²) >= 11 is 0. The summed E-state index contributed by atoms with van der Waals surface area (Å²) in [4.78, 5) is 9.83. The van der Waals surface area contributed by atoms with Crippen LogP contribution in [0.4, 0.5) is 0 Å². The summed E-state index contributed by atoms with van der Waals surface area (Å²) in [5.41, 5.74) is 0. The molecular formula is C6H11NO3. The summed E-state index contributed by atoms with van der Waals surface area (Å²) in [7, 11) is 0. The molecule has 58 valence electrons. The molecule has 0 aliphatic rings. The second-order valence-corrected chi connectivity index (χ2v) is 1.80. The molecule has 1 amide bonds. The van der Waals surface area contributed by atoms with Gasteiger partial charge in [-0.2, -0.15) is 0 Å². The topological polar surface area (TPSA) is 69.6 Å². The van der Waals surface area contributed by atoms with Crippen LogP contribution in [0, 0.1) is 0 Å². The highest BCUT2D eigenvalue weighted by Crippen LogP contribution is 1.91.